The quantitative estimate of drug-likeness (QED) is 0.839. The van der Waals surface area contributed by atoms with Gasteiger partial charge in [-0.2, -0.15) is 0 Å². The molecule has 2 aromatic carbocycles. The van der Waals surface area contributed by atoms with Crippen LogP contribution in [0.5, 0.6) is 5.75 Å². The minimum atomic E-state index is -0.999. The monoisotopic (exact) mass is 348 g/mol. The average Bonchev–Trinajstić information content (AvgIpc) is 2.46. The zero-order valence-electron chi connectivity index (χ0n) is 12.0. The van der Waals surface area contributed by atoms with Crippen molar-refractivity contribution in [1.82, 2.24) is 0 Å². The summed E-state index contributed by atoms with van der Waals surface area (Å²) in [5.41, 5.74) is 2.44. The molecule has 0 aliphatic carbocycles. The maximum atomic E-state index is 11.2. The van der Waals surface area contributed by atoms with Gasteiger partial charge in [0.2, 0.25) is 0 Å². The Balaban J connectivity index is 2.11. The van der Waals surface area contributed by atoms with E-state index >= 15 is 0 Å². The maximum absolute atomic E-state index is 11.2. The van der Waals surface area contributed by atoms with Gasteiger partial charge in [0.15, 0.2) is 0 Å². The van der Waals surface area contributed by atoms with Gasteiger partial charge < -0.3 is 9.84 Å². The molecule has 0 atom stereocenters. The molecule has 0 bridgehead atoms. The molecule has 0 radical (unpaired) electrons. The van der Waals surface area contributed by atoms with Crippen molar-refractivity contribution in [1.29, 1.82) is 0 Å². The first-order valence-corrected chi connectivity index (χ1v) is 7.51. The molecule has 110 valence electrons. The molecule has 0 heterocycles. The second-order valence-electron chi connectivity index (χ2n) is 5.13. The molecule has 3 nitrogen and oxygen atoms in total. The first-order valence-electron chi connectivity index (χ1n) is 6.72. The standard InChI is InChI=1S/C17H17BrO3/c1-11(2)13-5-3-12(4-6-13)10-21-16-8-7-14(18)9-15(16)17(19)20/h3-9,11H,10H2,1-2H3,(H,19,20). The topological polar surface area (TPSA) is 46.5 Å². The SMILES string of the molecule is CC(C)c1ccc(COc2ccc(Br)cc2C(=O)O)cc1. The summed E-state index contributed by atoms with van der Waals surface area (Å²) in [5, 5.41) is 9.18. The Morgan fingerprint density at radius 1 is 1.19 bits per heavy atom. The molecule has 0 saturated heterocycles. The van der Waals surface area contributed by atoms with Gasteiger partial charge in [-0.15, -0.1) is 0 Å². The summed E-state index contributed by atoms with van der Waals surface area (Å²) in [6.07, 6.45) is 0. The Hall–Kier alpha value is -1.81. The number of halogens is 1. The summed E-state index contributed by atoms with van der Waals surface area (Å²) >= 11 is 3.26. The minimum absolute atomic E-state index is 0.156. The smallest absolute Gasteiger partial charge is 0.339 e. The number of ether oxygens (including phenoxy) is 1. The summed E-state index contributed by atoms with van der Waals surface area (Å²) in [6, 6.07) is 13.1. The summed E-state index contributed by atoms with van der Waals surface area (Å²) in [4.78, 5) is 11.2. The van der Waals surface area contributed by atoms with Crippen molar-refractivity contribution in [2.75, 3.05) is 0 Å². The van der Waals surface area contributed by atoms with E-state index in [1.165, 1.54) is 5.56 Å². The highest BCUT2D eigenvalue weighted by atomic mass is 79.9. The van der Waals surface area contributed by atoms with E-state index in [4.69, 9.17) is 4.74 Å². The van der Waals surface area contributed by atoms with Gasteiger partial charge >= 0.3 is 5.97 Å². The molecule has 0 amide bonds. The number of carboxylic acids is 1. The van der Waals surface area contributed by atoms with Crippen molar-refractivity contribution < 1.29 is 14.6 Å². The van der Waals surface area contributed by atoms with Crippen LogP contribution < -0.4 is 4.74 Å². The van der Waals surface area contributed by atoms with Gasteiger partial charge in [0.05, 0.1) is 0 Å². The Labute approximate surface area is 132 Å². The summed E-state index contributed by atoms with van der Waals surface area (Å²) in [5.74, 6) is -0.134. The van der Waals surface area contributed by atoms with Crippen LogP contribution in [0.3, 0.4) is 0 Å². The highest BCUT2D eigenvalue weighted by Crippen LogP contribution is 2.24. The Morgan fingerprint density at radius 2 is 1.86 bits per heavy atom. The van der Waals surface area contributed by atoms with Crippen LogP contribution in [-0.4, -0.2) is 11.1 Å². The second-order valence-corrected chi connectivity index (χ2v) is 6.05. The normalized spacial score (nSPS) is 10.7. The molecule has 0 unspecified atom stereocenters. The highest BCUT2D eigenvalue weighted by Gasteiger charge is 2.12. The number of hydrogen-bond donors (Lipinski definition) is 1. The molecule has 2 rings (SSSR count). The van der Waals surface area contributed by atoms with Crippen molar-refractivity contribution >= 4 is 21.9 Å². The zero-order chi connectivity index (χ0) is 15.4. The predicted molar refractivity (Wildman–Crippen MR) is 86.0 cm³/mol. The maximum Gasteiger partial charge on any atom is 0.339 e. The van der Waals surface area contributed by atoms with Gasteiger partial charge in [-0.1, -0.05) is 54.0 Å². The van der Waals surface area contributed by atoms with Crippen LogP contribution in [-0.2, 0) is 6.61 Å². The lowest BCUT2D eigenvalue weighted by molar-refractivity contribution is 0.0691. The van der Waals surface area contributed by atoms with E-state index in [0.29, 0.717) is 22.7 Å². The molecule has 0 aromatic heterocycles. The van der Waals surface area contributed by atoms with Crippen molar-refractivity contribution in [3.63, 3.8) is 0 Å². The summed E-state index contributed by atoms with van der Waals surface area (Å²) in [7, 11) is 0. The van der Waals surface area contributed by atoms with Gasteiger partial charge in [0.25, 0.3) is 0 Å². The predicted octanol–water partition coefficient (Wildman–Crippen LogP) is 4.85. The van der Waals surface area contributed by atoms with Crippen LogP contribution in [0.15, 0.2) is 46.9 Å². The van der Waals surface area contributed by atoms with E-state index in [1.807, 2.05) is 12.1 Å². The van der Waals surface area contributed by atoms with E-state index in [2.05, 4.69) is 41.9 Å². The molecule has 0 saturated carbocycles. The first kappa shape index (κ1) is 15.6. The zero-order valence-corrected chi connectivity index (χ0v) is 13.6. The van der Waals surface area contributed by atoms with Gasteiger partial charge in [0, 0.05) is 4.47 Å². The van der Waals surface area contributed by atoms with E-state index in [1.54, 1.807) is 18.2 Å². The Morgan fingerprint density at radius 3 is 2.43 bits per heavy atom. The van der Waals surface area contributed by atoms with Crippen molar-refractivity contribution in [2.24, 2.45) is 0 Å². The number of rotatable bonds is 5. The fourth-order valence-electron chi connectivity index (χ4n) is 1.96. The molecular weight excluding hydrogens is 332 g/mol. The number of benzene rings is 2. The van der Waals surface area contributed by atoms with Crippen LogP contribution in [0.25, 0.3) is 0 Å². The van der Waals surface area contributed by atoms with Crippen molar-refractivity contribution in [2.45, 2.75) is 26.4 Å². The van der Waals surface area contributed by atoms with Crippen molar-refractivity contribution in [3.05, 3.63) is 63.6 Å². The number of carboxylic acid groups (broad SMARTS) is 1. The van der Waals surface area contributed by atoms with E-state index in [9.17, 15) is 9.90 Å². The summed E-state index contributed by atoms with van der Waals surface area (Å²) < 4.78 is 6.35. The van der Waals surface area contributed by atoms with Gasteiger partial charge in [0.1, 0.15) is 17.9 Å². The fourth-order valence-corrected chi connectivity index (χ4v) is 2.32. The number of carbonyl (C=O) groups is 1. The van der Waals surface area contributed by atoms with Crippen LogP contribution >= 0.6 is 15.9 Å². The molecule has 21 heavy (non-hydrogen) atoms. The summed E-state index contributed by atoms with van der Waals surface area (Å²) in [6.45, 7) is 4.64. The van der Waals surface area contributed by atoms with Gasteiger partial charge in [-0.3, -0.25) is 0 Å². The molecule has 0 fully saturated rings. The molecule has 0 aliphatic rings. The minimum Gasteiger partial charge on any atom is -0.488 e. The lowest BCUT2D eigenvalue weighted by atomic mass is 10.0. The van der Waals surface area contributed by atoms with Crippen LogP contribution in [0.2, 0.25) is 0 Å². The average molecular weight is 349 g/mol. The van der Waals surface area contributed by atoms with Crippen molar-refractivity contribution in [3.8, 4) is 5.75 Å². The lowest BCUT2D eigenvalue weighted by Crippen LogP contribution is -2.03. The fraction of sp³-hybridized carbons (Fsp3) is 0.235. The second kappa shape index (κ2) is 6.76. The molecule has 0 aliphatic heterocycles. The Bertz CT molecular complexity index is 633. The third-order valence-electron chi connectivity index (χ3n) is 3.21. The Kier molecular flexibility index (Phi) is 5.02. The van der Waals surface area contributed by atoms with E-state index < -0.39 is 5.97 Å². The van der Waals surface area contributed by atoms with E-state index in [-0.39, 0.29) is 5.56 Å². The molecule has 2 aromatic rings. The highest BCUT2D eigenvalue weighted by molar-refractivity contribution is 9.10. The van der Waals surface area contributed by atoms with Crippen LogP contribution in [0.1, 0.15) is 41.3 Å². The molecule has 1 N–H and O–H groups in total. The lowest BCUT2D eigenvalue weighted by Gasteiger charge is -2.11. The molecule has 0 spiro atoms. The van der Waals surface area contributed by atoms with Crippen LogP contribution in [0.4, 0.5) is 0 Å². The number of aromatic carboxylic acids is 1. The first-order chi connectivity index (χ1) is 9.97. The van der Waals surface area contributed by atoms with Gasteiger partial charge in [-0.05, 0) is 35.2 Å². The van der Waals surface area contributed by atoms with Crippen LogP contribution in [0, 0.1) is 0 Å². The largest absolute Gasteiger partial charge is 0.488 e. The van der Waals surface area contributed by atoms with Gasteiger partial charge in [-0.25, -0.2) is 4.79 Å². The molecule has 4 heteroatoms. The third kappa shape index (κ3) is 4.08. The molecular formula is C17H17BrO3. The number of hydrogen-bond acceptors (Lipinski definition) is 2. The third-order valence-corrected chi connectivity index (χ3v) is 3.71. The van der Waals surface area contributed by atoms with E-state index in [0.717, 1.165) is 5.56 Å².